The standard InChI is InChI=1S/C48H40GeN2O/c1-29(2)24-30-22-23-50-44(25-30)46-42(48(50)41-17-11-10-16-37(41)43-21-18-31(28-51(43)48)49(3,4)5)20-19-36-40-26-38-34-14-8-6-12-32(34)33-13-7-9-15-35(33)39(38)27-45(40)52-47(36)46/h6-23,25-29H,24H2,1-5H3/q+2/i24D2. The van der Waals surface area contributed by atoms with Gasteiger partial charge in [-0.2, -0.15) is 0 Å². The van der Waals surface area contributed by atoms with Crippen LogP contribution in [0.3, 0.4) is 0 Å². The van der Waals surface area contributed by atoms with Gasteiger partial charge in [0.2, 0.25) is 0 Å². The van der Waals surface area contributed by atoms with Crippen molar-refractivity contribution in [3.8, 4) is 22.5 Å². The summed E-state index contributed by atoms with van der Waals surface area (Å²) in [7, 11) is 0. The van der Waals surface area contributed by atoms with Crippen LogP contribution in [-0.2, 0) is 12.0 Å². The molecule has 4 heteroatoms. The number of furan rings is 1. The van der Waals surface area contributed by atoms with Gasteiger partial charge in [-0.1, -0.05) is 48.5 Å². The van der Waals surface area contributed by atoms with Crippen LogP contribution in [0.1, 0.15) is 33.3 Å². The van der Waals surface area contributed by atoms with E-state index in [0.717, 1.165) is 38.8 Å². The number of benzene rings is 6. The summed E-state index contributed by atoms with van der Waals surface area (Å²) in [6, 6.07) is 44.2. The number of rotatable bonds is 3. The van der Waals surface area contributed by atoms with Crippen molar-refractivity contribution in [1.82, 2.24) is 0 Å². The Morgan fingerprint density at radius 3 is 2.02 bits per heavy atom. The van der Waals surface area contributed by atoms with E-state index < -0.39 is 25.3 Å². The topological polar surface area (TPSA) is 20.9 Å². The Bertz CT molecular complexity index is 3120. The van der Waals surface area contributed by atoms with Crippen LogP contribution in [0.2, 0.25) is 17.3 Å². The molecule has 1 unspecified atom stereocenters. The van der Waals surface area contributed by atoms with Crippen molar-refractivity contribution < 1.29 is 16.3 Å². The van der Waals surface area contributed by atoms with Crippen molar-refractivity contribution in [3.63, 3.8) is 0 Å². The van der Waals surface area contributed by atoms with Gasteiger partial charge in [-0.3, -0.25) is 0 Å². The zero-order chi connectivity index (χ0) is 36.9. The van der Waals surface area contributed by atoms with E-state index in [-0.39, 0.29) is 5.92 Å². The van der Waals surface area contributed by atoms with Crippen LogP contribution in [0.25, 0.3) is 76.8 Å². The fraction of sp³-hybridized carbons (Fsp3) is 0.167. The molecular formula is C48H40GeN2O+2. The number of fused-ring (bicyclic) bond motifs is 20. The predicted molar refractivity (Wildman–Crippen MR) is 217 cm³/mol. The first-order valence-electron chi connectivity index (χ1n) is 19.5. The SMILES string of the molecule is [2H]C([2H])(c1cc[n+]2c(c1)-c1c(ccc3c1oc1cc4c5ccccc5c5ccccc5c4cc13)C21c2ccccc2-c2cc[c]([Ge]([CH3])([CH3])[CH3])c[n+]21)C(C)C. The zero-order valence-electron chi connectivity index (χ0n) is 32.1. The monoisotopic (exact) mass is 736 g/mol. The van der Waals surface area contributed by atoms with E-state index in [1.54, 1.807) is 0 Å². The molecule has 3 aromatic heterocycles. The van der Waals surface area contributed by atoms with Crippen molar-refractivity contribution in [2.75, 3.05) is 0 Å². The van der Waals surface area contributed by atoms with E-state index in [4.69, 9.17) is 4.42 Å². The number of hydrogen-bond donors (Lipinski definition) is 0. The van der Waals surface area contributed by atoms with E-state index in [0.29, 0.717) is 5.56 Å². The molecule has 0 bridgehead atoms. The summed E-state index contributed by atoms with van der Waals surface area (Å²) < 4.78 is 31.9. The molecule has 11 rings (SSSR count). The van der Waals surface area contributed by atoms with Gasteiger partial charge in [-0.25, -0.2) is 0 Å². The van der Waals surface area contributed by atoms with Crippen LogP contribution < -0.4 is 13.5 Å². The molecule has 6 aromatic carbocycles. The Morgan fingerprint density at radius 1 is 0.635 bits per heavy atom. The molecule has 250 valence electrons. The molecule has 0 fully saturated rings. The first-order chi connectivity index (χ1) is 26.0. The minimum atomic E-state index is -2.28. The number of pyridine rings is 2. The van der Waals surface area contributed by atoms with Crippen molar-refractivity contribution in [2.45, 2.75) is 43.2 Å². The maximum absolute atomic E-state index is 9.20. The molecule has 0 saturated carbocycles. The van der Waals surface area contributed by atoms with Gasteiger partial charge >= 0.3 is 251 Å². The Kier molecular flexibility index (Phi) is 5.68. The van der Waals surface area contributed by atoms with E-state index in [9.17, 15) is 2.74 Å². The second-order valence-corrected chi connectivity index (χ2v) is 26.7. The van der Waals surface area contributed by atoms with E-state index >= 15 is 0 Å². The summed E-state index contributed by atoms with van der Waals surface area (Å²) in [5, 5.41) is 9.50. The molecule has 2 aliphatic rings. The van der Waals surface area contributed by atoms with E-state index in [1.807, 2.05) is 19.9 Å². The van der Waals surface area contributed by atoms with Crippen LogP contribution in [0.15, 0.2) is 138 Å². The summed E-state index contributed by atoms with van der Waals surface area (Å²) in [5.41, 5.74) is 8.42. The number of hydrogen-bond acceptors (Lipinski definition) is 1. The van der Waals surface area contributed by atoms with Gasteiger partial charge in [0.15, 0.2) is 0 Å². The summed E-state index contributed by atoms with van der Waals surface area (Å²) in [6.07, 6.45) is 3.04. The molecule has 0 saturated heterocycles. The van der Waals surface area contributed by atoms with Gasteiger partial charge in [-0.05, 0) is 10.8 Å². The van der Waals surface area contributed by atoms with Crippen molar-refractivity contribution in [3.05, 3.63) is 150 Å². The van der Waals surface area contributed by atoms with Gasteiger partial charge < -0.3 is 0 Å². The average molecular weight is 735 g/mol. The normalized spacial score (nSPS) is 17.0. The first kappa shape index (κ1) is 28.3. The van der Waals surface area contributed by atoms with Crippen molar-refractivity contribution in [2.24, 2.45) is 5.92 Å². The van der Waals surface area contributed by atoms with Gasteiger partial charge in [0, 0.05) is 0 Å². The van der Waals surface area contributed by atoms with Gasteiger partial charge in [0.25, 0.3) is 0 Å². The van der Waals surface area contributed by atoms with Gasteiger partial charge in [0.1, 0.15) is 0 Å². The quantitative estimate of drug-likeness (QED) is 0.101. The fourth-order valence-corrected chi connectivity index (χ4v) is 11.7. The first-order valence-corrected chi connectivity index (χ1v) is 25.8. The van der Waals surface area contributed by atoms with E-state index in [2.05, 4.69) is 154 Å². The Labute approximate surface area is 308 Å². The second kappa shape index (κ2) is 10.4. The Hall–Kier alpha value is -5.26. The van der Waals surface area contributed by atoms with E-state index in [1.165, 1.54) is 53.5 Å². The molecule has 0 aliphatic carbocycles. The van der Waals surface area contributed by atoms with Gasteiger partial charge in [0.05, 0.1) is 0 Å². The van der Waals surface area contributed by atoms with Crippen molar-refractivity contribution in [1.29, 1.82) is 0 Å². The summed E-state index contributed by atoms with van der Waals surface area (Å²) >= 11 is -2.28. The molecule has 1 spiro atoms. The molecular weight excluding hydrogens is 693 g/mol. The molecule has 5 heterocycles. The second-order valence-electron chi connectivity index (χ2n) is 16.1. The third-order valence-electron chi connectivity index (χ3n) is 11.6. The summed E-state index contributed by atoms with van der Waals surface area (Å²) in [4.78, 5) is 0. The third-order valence-corrected chi connectivity index (χ3v) is 15.9. The Morgan fingerprint density at radius 2 is 1.31 bits per heavy atom. The maximum atomic E-state index is 9.20. The fourth-order valence-electron chi connectivity index (χ4n) is 9.40. The minimum absolute atomic E-state index is 0.196. The molecule has 2 aliphatic heterocycles. The van der Waals surface area contributed by atoms with Crippen LogP contribution in [-0.4, -0.2) is 13.3 Å². The third kappa shape index (κ3) is 3.87. The summed E-state index contributed by atoms with van der Waals surface area (Å²) in [5.74, 6) is 7.16. The molecule has 9 aromatic rings. The zero-order valence-corrected chi connectivity index (χ0v) is 32.2. The number of nitrogens with zero attached hydrogens (tertiary/aromatic N) is 2. The summed E-state index contributed by atoms with van der Waals surface area (Å²) in [6.45, 7) is 3.92. The molecule has 0 radical (unpaired) electrons. The van der Waals surface area contributed by atoms with Crippen LogP contribution in [0, 0.1) is 5.92 Å². The number of aromatic nitrogens is 2. The average Bonchev–Trinajstić information content (AvgIpc) is 3.80. The Balaban J connectivity index is 1.30. The van der Waals surface area contributed by atoms with Crippen LogP contribution in [0.4, 0.5) is 0 Å². The van der Waals surface area contributed by atoms with Crippen LogP contribution >= 0.6 is 0 Å². The molecule has 0 N–H and O–H groups in total. The van der Waals surface area contributed by atoms with Gasteiger partial charge in [-0.15, -0.1) is 0 Å². The van der Waals surface area contributed by atoms with Crippen molar-refractivity contribution >= 4 is 71.9 Å². The molecule has 1 atom stereocenters. The molecule has 0 amide bonds. The molecule has 3 nitrogen and oxygen atoms in total. The van der Waals surface area contributed by atoms with Crippen LogP contribution in [0.5, 0.6) is 0 Å². The predicted octanol–water partition coefficient (Wildman–Crippen LogP) is 10.6. The molecule has 52 heavy (non-hydrogen) atoms.